The molecule has 1 unspecified atom stereocenters. The molecule has 1 saturated heterocycles. The summed E-state index contributed by atoms with van der Waals surface area (Å²) < 4.78 is 0. The second-order valence-corrected chi connectivity index (χ2v) is 5.81. The number of aryl methyl sites for hydroxylation is 1. The molecule has 0 saturated carbocycles. The van der Waals surface area contributed by atoms with Crippen molar-refractivity contribution >= 4 is 11.6 Å². The molecule has 4 heteroatoms. The second kappa shape index (κ2) is 7.46. The van der Waals surface area contributed by atoms with Crippen LogP contribution in [-0.4, -0.2) is 50.1 Å². The van der Waals surface area contributed by atoms with Crippen molar-refractivity contribution in [2.45, 2.75) is 20.8 Å². The van der Waals surface area contributed by atoms with Crippen LogP contribution in [-0.2, 0) is 4.79 Å². The van der Waals surface area contributed by atoms with Crippen LogP contribution in [0.15, 0.2) is 24.3 Å². The first-order chi connectivity index (χ1) is 10.1. The zero-order valence-electron chi connectivity index (χ0n) is 13.4. The minimum atomic E-state index is 0.0648. The van der Waals surface area contributed by atoms with Gasteiger partial charge in [-0.3, -0.25) is 4.79 Å². The Morgan fingerprint density at radius 2 is 1.90 bits per heavy atom. The fraction of sp³-hybridized carbons (Fsp3) is 0.588. The third-order valence-electron chi connectivity index (χ3n) is 4.17. The molecule has 0 aliphatic carbocycles. The van der Waals surface area contributed by atoms with E-state index in [1.165, 1.54) is 11.3 Å². The van der Waals surface area contributed by atoms with Crippen LogP contribution in [0.25, 0.3) is 0 Å². The summed E-state index contributed by atoms with van der Waals surface area (Å²) in [5.74, 6) is 0.343. The van der Waals surface area contributed by atoms with Crippen molar-refractivity contribution in [2.75, 3.05) is 44.2 Å². The predicted octanol–water partition coefficient (Wildman–Crippen LogP) is 1.89. The molecule has 0 spiro atoms. The molecular weight excluding hydrogens is 262 g/mol. The molecule has 0 bridgehead atoms. The standard InChI is InChI=1S/C17H27N3O/c1-4-18-13-15(3)17(21)20-11-9-19(10-12-20)16-8-6-5-7-14(16)2/h5-8,15,18H,4,9-13H2,1-3H3. The summed E-state index contributed by atoms with van der Waals surface area (Å²) in [6.07, 6.45) is 0. The van der Waals surface area contributed by atoms with Gasteiger partial charge in [0.25, 0.3) is 0 Å². The monoisotopic (exact) mass is 289 g/mol. The number of rotatable bonds is 5. The smallest absolute Gasteiger partial charge is 0.226 e. The Hall–Kier alpha value is -1.55. The maximum Gasteiger partial charge on any atom is 0.226 e. The molecule has 1 aliphatic rings. The summed E-state index contributed by atoms with van der Waals surface area (Å²) in [5.41, 5.74) is 2.60. The van der Waals surface area contributed by atoms with Crippen molar-refractivity contribution in [1.29, 1.82) is 0 Å². The molecule has 0 aromatic heterocycles. The van der Waals surface area contributed by atoms with E-state index in [4.69, 9.17) is 0 Å². The Morgan fingerprint density at radius 1 is 1.24 bits per heavy atom. The van der Waals surface area contributed by atoms with Crippen molar-refractivity contribution in [3.05, 3.63) is 29.8 Å². The largest absolute Gasteiger partial charge is 0.368 e. The molecule has 1 aromatic rings. The lowest BCUT2D eigenvalue weighted by atomic mass is 10.1. The highest BCUT2D eigenvalue weighted by molar-refractivity contribution is 5.79. The number of hydrogen-bond donors (Lipinski definition) is 1. The molecule has 21 heavy (non-hydrogen) atoms. The van der Waals surface area contributed by atoms with Crippen LogP contribution in [0.5, 0.6) is 0 Å². The molecule has 1 aliphatic heterocycles. The van der Waals surface area contributed by atoms with Crippen LogP contribution in [0.1, 0.15) is 19.4 Å². The highest BCUT2D eigenvalue weighted by Gasteiger charge is 2.25. The molecular formula is C17H27N3O. The van der Waals surface area contributed by atoms with Crippen molar-refractivity contribution < 1.29 is 4.79 Å². The van der Waals surface area contributed by atoms with Crippen molar-refractivity contribution in [2.24, 2.45) is 5.92 Å². The maximum atomic E-state index is 12.4. The lowest BCUT2D eigenvalue weighted by molar-refractivity contribution is -0.135. The van der Waals surface area contributed by atoms with Gasteiger partial charge in [-0.1, -0.05) is 32.0 Å². The first kappa shape index (κ1) is 15.8. The molecule has 1 heterocycles. The van der Waals surface area contributed by atoms with Crippen LogP contribution in [0.4, 0.5) is 5.69 Å². The zero-order chi connectivity index (χ0) is 15.2. The van der Waals surface area contributed by atoms with Gasteiger partial charge in [-0.25, -0.2) is 0 Å². The molecule has 1 aromatic carbocycles. The molecule has 2 rings (SSSR count). The fourth-order valence-electron chi connectivity index (χ4n) is 2.85. The fourth-order valence-corrected chi connectivity index (χ4v) is 2.85. The number of para-hydroxylation sites is 1. The van der Waals surface area contributed by atoms with E-state index in [1.54, 1.807) is 0 Å². The van der Waals surface area contributed by atoms with E-state index < -0.39 is 0 Å². The summed E-state index contributed by atoms with van der Waals surface area (Å²) in [4.78, 5) is 16.8. The number of hydrogen-bond acceptors (Lipinski definition) is 3. The van der Waals surface area contributed by atoms with Crippen molar-refractivity contribution in [1.82, 2.24) is 10.2 Å². The first-order valence-electron chi connectivity index (χ1n) is 7.93. The Balaban J connectivity index is 1.88. The lowest BCUT2D eigenvalue weighted by Gasteiger charge is -2.37. The highest BCUT2D eigenvalue weighted by Crippen LogP contribution is 2.21. The number of piperazine rings is 1. The summed E-state index contributed by atoms with van der Waals surface area (Å²) in [6.45, 7) is 11.4. The van der Waals surface area contributed by atoms with Gasteiger partial charge < -0.3 is 15.1 Å². The van der Waals surface area contributed by atoms with E-state index in [-0.39, 0.29) is 11.8 Å². The summed E-state index contributed by atoms with van der Waals surface area (Å²) >= 11 is 0. The summed E-state index contributed by atoms with van der Waals surface area (Å²) in [6, 6.07) is 8.46. The van der Waals surface area contributed by atoms with Gasteiger partial charge in [0.15, 0.2) is 0 Å². The Kier molecular flexibility index (Phi) is 5.62. The maximum absolute atomic E-state index is 12.4. The van der Waals surface area contributed by atoms with E-state index in [2.05, 4.69) is 48.3 Å². The van der Waals surface area contributed by atoms with Gasteiger partial charge >= 0.3 is 0 Å². The molecule has 1 N–H and O–H groups in total. The molecule has 1 fully saturated rings. The van der Waals surface area contributed by atoms with Crippen molar-refractivity contribution in [3.8, 4) is 0 Å². The van der Waals surface area contributed by atoms with Crippen molar-refractivity contribution in [3.63, 3.8) is 0 Å². The first-order valence-corrected chi connectivity index (χ1v) is 7.93. The van der Waals surface area contributed by atoms with E-state index in [0.717, 1.165) is 39.3 Å². The van der Waals surface area contributed by atoms with Gasteiger partial charge in [0.1, 0.15) is 0 Å². The van der Waals surface area contributed by atoms with E-state index in [0.29, 0.717) is 0 Å². The average molecular weight is 289 g/mol. The van der Waals surface area contributed by atoms with Gasteiger partial charge in [-0.2, -0.15) is 0 Å². The van der Waals surface area contributed by atoms with Gasteiger partial charge in [-0.15, -0.1) is 0 Å². The SMILES string of the molecule is CCNCC(C)C(=O)N1CCN(c2ccccc2C)CC1. The van der Waals surface area contributed by atoms with Crippen LogP contribution in [0.2, 0.25) is 0 Å². The van der Waals surface area contributed by atoms with E-state index in [9.17, 15) is 4.79 Å². The van der Waals surface area contributed by atoms with Gasteiger partial charge in [-0.05, 0) is 25.1 Å². The Bertz CT molecular complexity index is 467. The average Bonchev–Trinajstić information content (AvgIpc) is 2.52. The number of benzene rings is 1. The minimum absolute atomic E-state index is 0.0648. The normalized spacial score (nSPS) is 16.9. The quantitative estimate of drug-likeness (QED) is 0.899. The highest BCUT2D eigenvalue weighted by atomic mass is 16.2. The second-order valence-electron chi connectivity index (χ2n) is 5.81. The third-order valence-corrected chi connectivity index (χ3v) is 4.17. The Labute approximate surface area is 128 Å². The third kappa shape index (κ3) is 3.97. The Morgan fingerprint density at radius 3 is 2.52 bits per heavy atom. The van der Waals surface area contributed by atoms with Crippen LogP contribution < -0.4 is 10.2 Å². The predicted molar refractivity (Wildman–Crippen MR) is 87.7 cm³/mol. The van der Waals surface area contributed by atoms with Gasteiger partial charge in [0, 0.05) is 44.3 Å². The lowest BCUT2D eigenvalue weighted by Crippen LogP contribution is -2.51. The minimum Gasteiger partial charge on any atom is -0.368 e. The van der Waals surface area contributed by atoms with E-state index >= 15 is 0 Å². The molecule has 0 radical (unpaired) electrons. The molecule has 116 valence electrons. The van der Waals surface area contributed by atoms with Crippen LogP contribution in [0, 0.1) is 12.8 Å². The van der Waals surface area contributed by atoms with Crippen LogP contribution >= 0.6 is 0 Å². The topological polar surface area (TPSA) is 35.6 Å². The zero-order valence-corrected chi connectivity index (χ0v) is 13.4. The number of carbonyl (C=O) groups is 1. The number of nitrogens with zero attached hydrogens (tertiary/aromatic N) is 2. The van der Waals surface area contributed by atoms with Gasteiger partial charge in [0.05, 0.1) is 0 Å². The summed E-state index contributed by atoms with van der Waals surface area (Å²) in [5, 5.41) is 3.25. The van der Waals surface area contributed by atoms with E-state index in [1.807, 2.05) is 11.8 Å². The summed E-state index contributed by atoms with van der Waals surface area (Å²) in [7, 11) is 0. The number of anilines is 1. The molecule has 1 amide bonds. The number of nitrogens with one attached hydrogen (secondary N) is 1. The van der Waals surface area contributed by atoms with Crippen LogP contribution in [0.3, 0.4) is 0 Å². The molecule has 4 nitrogen and oxygen atoms in total. The number of carbonyl (C=O) groups excluding carboxylic acids is 1. The number of amides is 1. The molecule has 1 atom stereocenters. The van der Waals surface area contributed by atoms with Gasteiger partial charge in [0.2, 0.25) is 5.91 Å².